The summed E-state index contributed by atoms with van der Waals surface area (Å²) in [6.07, 6.45) is 2.84. The van der Waals surface area contributed by atoms with Crippen molar-refractivity contribution in [2.24, 2.45) is 5.73 Å². The number of alkyl carbamates (subject to hydrolysis) is 1. The Morgan fingerprint density at radius 1 is 1.28 bits per heavy atom. The number of carbonyl (C=O) groups is 3. The summed E-state index contributed by atoms with van der Waals surface area (Å²) in [5.74, 6) is 0.858. The fourth-order valence-corrected chi connectivity index (χ4v) is 1.86. The molecule has 0 radical (unpaired) electrons. The van der Waals surface area contributed by atoms with Crippen LogP contribution >= 0.6 is 0 Å². The second-order valence-corrected chi connectivity index (χ2v) is 5.23. The molecule has 1 rings (SSSR count). The minimum Gasteiger partial charge on any atom is -0.445 e. The van der Waals surface area contributed by atoms with E-state index in [1.807, 2.05) is 18.2 Å². The van der Waals surface area contributed by atoms with Gasteiger partial charge in [-0.05, 0) is 5.56 Å². The maximum atomic E-state index is 11.7. The summed E-state index contributed by atoms with van der Waals surface area (Å²) in [5.41, 5.74) is 5.92. The number of hydrogen-bond acceptors (Lipinski definition) is 5. The zero-order chi connectivity index (χ0) is 18.7. The SMILES string of the molecule is C#CC[C@@H](NC(=O)C[C@H](O)CNC(=O)OCc1ccccc1)C(N)=O. The third-order valence-corrected chi connectivity index (χ3v) is 3.12. The lowest BCUT2D eigenvalue weighted by molar-refractivity contribution is -0.128. The van der Waals surface area contributed by atoms with Crippen molar-refractivity contribution >= 4 is 17.9 Å². The maximum Gasteiger partial charge on any atom is 0.407 e. The predicted molar refractivity (Wildman–Crippen MR) is 89.8 cm³/mol. The number of aliphatic hydroxyl groups is 1. The minimum absolute atomic E-state index is 0.0404. The molecule has 0 saturated heterocycles. The van der Waals surface area contributed by atoms with E-state index in [0.717, 1.165) is 5.56 Å². The van der Waals surface area contributed by atoms with Crippen molar-refractivity contribution < 1.29 is 24.2 Å². The molecule has 134 valence electrons. The van der Waals surface area contributed by atoms with E-state index in [9.17, 15) is 19.5 Å². The molecular weight excluding hydrogens is 326 g/mol. The molecule has 0 aliphatic heterocycles. The Bertz CT molecular complexity index is 627. The molecule has 0 heterocycles. The van der Waals surface area contributed by atoms with Gasteiger partial charge in [-0.25, -0.2) is 4.79 Å². The van der Waals surface area contributed by atoms with Crippen LogP contribution in [0.25, 0.3) is 0 Å². The molecule has 0 unspecified atom stereocenters. The number of primary amides is 1. The largest absolute Gasteiger partial charge is 0.445 e. The normalized spacial score (nSPS) is 12.3. The van der Waals surface area contributed by atoms with Gasteiger partial charge < -0.3 is 26.2 Å². The molecule has 0 fully saturated rings. The molecule has 0 spiro atoms. The van der Waals surface area contributed by atoms with Crippen molar-refractivity contribution in [1.82, 2.24) is 10.6 Å². The van der Waals surface area contributed by atoms with Gasteiger partial charge in [-0.1, -0.05) is 30.3 Å². The Morgan fingerprint density at radius 2 is 1.96 bits per heavy atom. The van der Waals surface area contributed by atoms with E-state index in [0.29, 0.717) is 0 Å². The van der Waals surface area contributed by atoms with E-state index < -0.39 is 30.1 Å². The van der Waals surface area contributed by atoms with Gasteiger partial charge in [-0.15, -0.1) is 12.3 Å². The van der Waals surface area contributed by atoms with E-state index in [1.165, 1.54) is 0 Å². The molecule has 0 aromatic heterocycles. The Kier molecular flexibility index (Phi) is 8.54. The van der Waals surface area contributed by atoms with Crippen molar-refractivity contribution in [3.8, 4) is 12.3 Å². The van der Waals surface area contributed by atoms with Gasteiger partial charge in [0.1, 0.15) is 12.6 Å². The lowest BCUT2D eigenvalue weighted by Gasteiger charge is -2.15. The second kappa shape index (κ2) is 10.7. The summed E-state index contributed by atoms with van der Waals surface area (Å²) in [7, 11) is 0. The van der Waals surface area contributed by atoms with Crippen LogP contribution in [0.1, 0.15) is 18.4 Å². The standard InChI is InChI=1S/C17H21N3O5/c1-2-6-14(16(18)23)20-15(22)9-13(21)10-19-17(24)25-11-12-7-4-3-5-8-12/h1,3-5,7-8,13-14,21H,6,9-11H2,(H2,18,23)(H,19,24)(H,20,22)/t13-,14+/m0/s1. The number of nitrogens with one attached hydrogen (secondary N) is 2. The van der Waals surface area contributed by atoms with Crippen molar-refractivity contribution in [1.29, 1.82) is 0 Å². The van der Waals surface area contributed by atoms with Crippen LogP contribution < -0.4 is 16.4 Å². The van der Waals surface area contributed by atoms with Gasteiger partial charge in [-0.2, -0.15) is 0 Å². The van der Waals surface area contributed by atoms with E-state index in [-0.39, 0.29) is 26.0 Å². The lowest BCUT2D eigenvalue weighted by Crippen LogP contribution is -2.45. The molecular formula is C17H21N3O5. The number of ether oxygens (including phenoxy) is 1. The lowest BCUT2D eigenvalue weighted by atomic mass is 10.1. The van der Waals surface area contributed by atoms with Crippen LogP contribution in [0.2, 0.25) is 0 Å². The van der Waals surface area contributed by atoms with Gasteiger partial charge in [0, 0.05) is 13.0 Å². The number of benzene rings is 1. The molecule has 5 N–H and O–H groups in total. The van der Waals surface area contributed by atoms with E-state index in [2.05, 4.69) is 16.6 Å². The highest BCUT2D eigenvalue weighted by atomic mass is 16.5. The summed E-state index contributed by atoms with van der Waals surface area (Å²) < 4.78 is 4.97. The minimum atomic E-state index is -1.15. The molecule has 1 aromatic carbocycles. The zero-order valence-corrected chi connectivity index (χ0v) is 13.6. The molecule has 2 atom stereocenters. The number of aliphatic hydroxyl groups excluding tert-OH is 1. The highest BCUT2D eigenvalue weighted by molar-refractivity contribution is 5.87. The first kappa shape index (κ1) is 20.0. The van der Waals surface area contributed by atoms with Crippen molar-refractivity contribution in [2.75, 3.05) is 6.54 Å². The van der Waals surface area contributed by atoms with Crippen molar-refractivity contribution in [3.05, 3.63) is 35.9 Å². The monoisotopic (exact) mass is 347 g/mol. The molecule has 8 heteroatoms. The molecule has 0 saturated carbocycles. The van der Waals surface area contributed by atoms with E-state index in [4.69, 9.17) is 16.9 Å². The van der Waals surface area contributed by atoms with Crippen LogP contribution in [0.3, 0.4) is 0 Å². The predicted octanol–water partition coefficient (Wildman–Crippen LogP) is -0.343. The van der Waals surface area contributed by atoms with Gasteiger partial charge >= 0.3 is 6.09 Å². The quantitative estimate of drug-likeness (QED) is 0.454. The third kappa shape index (κ3) is 8.39. The Labute approximate surface area is 145 Å². The summed E-state index contributed by atoms with van der Waals surface area (Å²) >= 11 is 0. The van der Waals surface area contributed by atoms with E-state index in [1.54, 1.807) is 12.1 Å². The molecule has 8 nitrogen and oxygen atoms in total. The molecule has 3 amide bonds. The van der Waals surface area contributed by atoms with Crippen LogP contribution in [0.5, 0.6) is 0 Å². The first-order valence-corrected chi connectivity index (χ1v) is 7.57. The van der Waals surface area contributed by atoms with E-state index >= 15 is 0 Å². The summed E-state index contributed by atoms with van der Waals surface area (Å²) in [6.45, 7) is -0.0902. The van der Waals surface area contributed by atoms with Crippen LogP contribution in [0.4, 0.5) is 4.79 Å². The summed E-state index contributed by atoms with van der Waals surface area (Å²) in [5, 5.41) is 14.4. The first-order valence-electron chi connectivity index (χ1n) is 7.57. The average molecular weight is 347 g/mol. The van der Waals surface area contributed by atoms with Gasteiger partial charge in [0.15, 0.2) is 0 Å². The topological polar surface area (TPSA) is 131 Å². The van der Waals surface area contributed by atoms with Gasteiger partial charge in [0.2, 0.25) is 11.8 Å². The van der Waals surface area contributed by atoms with Crippen molar-refractivity contribution in [2.45, 2.75) is 31.6 Å². The molecule has 0 aliphatic rings. The number of terminal acetylenes is 1. The third-order valence-electron chi connectivity index (χ3n) is 3.12. The van der Waals surface area contributed by atoms with Crippen LogP contribution in [-0.4, -0.2) is 41.7 Å². The van der Waals surface area contributed by atoms with Crippen LogP contribution in [0.15, 0.2) is 30.3 Å². The Balaban J connectivity index is 2.28. The van der Waals surface area contributed by atoms with Gasteiger partial charge in [0.25, 0.3) is 0 Å². The summed E-state index contributed by atoms with van der Waals surface area (Å²) in [4.78, 5) is 34.3. The average Bonchev–Trinajstić information content (AvgIpc) is 2.58. The number of nitrogens with two attached hydrogens (primary N) is 1. The number of rotatable bonds is 9. The van der Waals surface area contributed by atoms with Crippen LogP contribution in [0, 0.1) is 12.3 Å². The smallest absolute Gasteiger partial charge is 0.407 e. The highest BCUT2D eigenvalue weighted by Crippen LogP contribution is 2.00. The molecule has 0 bridgehead atoms. The molecule has 1 aromatic rings. The number of carbonyl (C=O) groups excluding carboxylic acids is 3. The first-order chi connectivity index (χ1) is 11.9. The highest BCUT2D eigenvalue weighted by Gasteiger charge is 2.19. The van der Waals surface area contributed by atoms with Crippen molar-refractivity contribution in [3.63, 3.8) is 0 Å². The fourth-order valence-electron chi connectivity index (χ4n) is 1.86. The second-order valence-electron chi connectivity index (χ2n) is 5.23. The van der Waals surface area contributed by atoms with Crippen LogP contribution in [-0.2, 0) is 20.9 Å². The molecule has 25 heavy (non-hydrogen) atoms. The fraction of sp³-hybridized carbons (Fsp3) is 0.353. The summed E-state index contributed by atoms with van der Waals surface area (Å²) in [6, 6.07) is 8.10. The molecule has 0 aliphatic carbocycles. The number of hydrogen-bond donors (Lipinski definition) is 4. The number of amides is 3. The van der Waals surface area contributed by atoms with Gasteiger partial charge in [0.05, 0.1) is 12.5 Å². The maximum absolute atomic E-state index is 11.7. The zero-order valence-electron chi connectivity index (χ0n) is 13.6. The Hall–Kier alpha value is -3.05. The Morgan fingerprint density at radius 3 is 2.56 bits per heavy atom. The van der Waals surface area contributed by atoms with Gasteiger partial charge in [-0.3, -0.25) is 9.59 Å².